The van der Waals surface area contributed by atoms with Gasteiger partial charge in [-0.05, 0) is 74.7 Å². The van der Waals surface area contributed by atoms with E-state index in [9.17, 15) is 15.0 Å². The van der Waals surface area contributed by atoms with Crippen LogP contribution < -0.4 is 4.90 Å². The van der Waals surface area contributed by atoms with Crippen molar-refractivity contribution in [3.63, 3.8) is 0 Å². The number of fused-ring (bicyclic) bond motifs is 1. The lowest BCUT2D eigenvalue weighted by molar-refractivity contribution is 0.0000506. The predicted octanol–water partition coefficient (Wildman–Crippen LogP) is 4.64. The molecule has 2 unspecified atom stereocenters. The molecular formula is C19H27BrClNO4. The first-order valence-corrected chi connectivity index (χ1v) is 9.74. The average Bonchev–Trinajstić information content (AvgIpc) is 2.46. The summed E-state index contributed by atoms with van der Waals surface area (Å²) in [4.78, 5) is 14.5. The van der Waals surface area contributed by atoms with Gasteiger partial charge in [0.05, 0.1) is 22.4 Å². The number of carbonyl (C=O) groups excluding carboxylic acids is 1. The van der Waals surface area contributed by atoms with Gasteiger partial charge in [-0.3, -0.25) is 4.90 Å². The lowest BCUT2D eigenvalue weighted by Gasteiger charge is -2.54. The normalized spacial score (nSPS) is 25.0. The Morgan fingerprint density at radius 1 is 1.35 bits per heavy atom. The van der Waals surface area contributed by atoms with Crippen LogP contribution >= 0.6 is 27.5 Å². The molecule has 26 heavy (non-hydrogen) atoms. The number of ether oxygens (including phenoxy) is 1. The molecule has 146 valence electrons. The van der Waals surface area contributed by atoms with Crippen LogP contribution in [0.5, 0.6) is 0 Å². The molecule has 0 saturated carbocycles. The number of halogens is 2. The highest BCUT2D eigenvalue weighted by atomic mass is 79.9. The molecule has 0 spiro atoms. The Balaban J connectivity index is 2.74. The van der Waals surface area contributed by atoms with Crippen LogP contribution in [0.1, 0.15) is 53.5 Å². The van der Waals surface area contributed by atoms with Gasteiger partial charge in [-0.2, -0.15) is 0 Å². The molecule has 1 aliphatic heterocycles. The summed E-state index contributed by atoms with van der Waals surface area (Å²) >= 11 is 9.73. The first-order chi connectivity index (χ1) is 11.8. The largest absolute Gasteiger partial charge is 0.443 e. The highest BCUT2D eigenvalue weighted by Crippen LogP contribution is 2.51. The van der Waals surface area contributed by atoms with E-state index in [4.69, 9.17) is 16.3 Å². The van der Waals surface area contributed by atoms with Crippen molar-refractivity contribution in [2.24, 2.45) is 0 Å². The molecule has 1 aromatic carbocycles. The van der Waals surface area contributed by atoms with Crippen molar-refractivity contribution in [3.8, 4) is 0 Å². The monoisotopic (exact) mass is 447 g/mol. The average molecular weight is 449 g/mol. The third-order valence-corrected chi connectivity index (χ3v) is 6.15. The predicted molar refractivity (Wildman–Crippen MR) is 107 cm³/mol. The zero-order valence-electron chi connectivity index (χ0n) is 16.1. The third kappa shape index (κ3) is 3.61. The van der Waals surface area contributed by atoms with Crippen LogP contribution in [0.4, 0.5) is 10.5 Å². The van der Waals surface area contributed by atoms with Crippen molar-refractivity contribution in [1.82, 2.24) is 0 Å². The number of aliphatic hydroxyl groups is 2. The molecule has 0 saturated heterocycles. The molecule has 0 bridgehead atoms. The van der Waals surface area contributed by atoms with Gasteiger partial charge in [0, 0.05) is 16.5 Å². The molecule has 2 atom stereocenters. The summed E-state index contributed by atoms with van der Waals surface area (Å²) in [5, 5.41) is 21.3. The standard InChI is InChI=1S/C19H27BrClNO4/c1-17(2,3)26-16(25)22-14-10-13(21)12(20)9-11(14)19(6,7-8-23)15(24)18(22,4)5/h9-10,15,23-24H,7-8H2,1-6H3. The lowest BCUT2D eigenvalue weighted by atomic mass is 9.65. The van der Waals surface area contributed by atoms with Crippen LogP contribution in [0, 0.1) is 0 Å². The van der Waals surface area contributed by atoms with Crippen molar-refractivity contribution in [1.29, 1.82) is 0 Å². The van der Waals surface area contributed by atoms with Crippen LogP contribution in [0.25, 0.3) is 0 Å². The van der Waals surface area contributed by atoms with Crippen LogP contribution in [-0.2, 0) is 10.2 Å². The maximum absolute atomic E-state index is 13.0. The maximum atomic E-state index is 13.0. The molecule has 7 heteroatoms. The SMILES string of the molecule is CC(C)(C)OC(=O)N1c2cc(Cl)c(Br)cc2C(C)(CCO)C(O)C1(C)C. The number of anilines is 1. The molecule has 1 aliphatic rings. The Morgan fingerprint density at radius 2 is 1.92 bits per heavy atom. The van der Waals surface area contributed by atoms with E-state index in [2.05, 4.69) is 15.9 Å². The molecule has 0 aromatic heterocycles. The molecule has 0 fully saturated rings. The first kappa shape index (κ1) is 21.5. The molecule has 0 aliphatic carbocycles. The van der Waals surface area contributed by atoms with Crippen molar-refractivity contribution in [2.75, 3.05) is 11.5 Å². The van der Waals surface area contributed by atoms with E-state index in [1.165, 1.54) is 4.90 Å². The Kier molecular flexibility index (Phi) is 5.76. The topological polar surface area (TPSA) is 70.0 Å². The van der Waals surface area contributed by atoms with Gasteiger partial charge >= 0.3 is 6.09 Å². The Hall–Kier alpha value is -0.820. The summed E-state index contributed by atoms with van der Waals surface area (Å²) < 4.78 is 6.25. The zero-order chi connectivity index (χ0) is 20.1. The van der Waals surface area contributed by atoms with E-state index in [0.717, 1.165) is 5.56 Å². The van der Waals surface area contributed by atoms with E-state index in [1.54, 1.807) is 40.7 Å². The second kappa shape index (κ2) is 6.97. The molecule has 1 amide bonds. The quantitative estimate of drug-likeness (QED) is 0.691. The smallest absolute Gasteiger partial charge is 0.415 e. The lowest BCUT2D eigenvalue weighted by Crippen LogP contribution is -2.65. The zero-order valence-corrected chi connectivity index (χ0v) is 18.4. The highest BCUT2D eigenvalue weighted by Gasteiger charge is 2.55. The molecule has 5 nitrogen and oxygen atoms in total. The molecule has 1 heterocycles. The number of amides is 1. The second-order valence-corrected chi connectivity index (χ2v) is 9.81. The van der Waals surface area contributed by atoms with Crippen LogP contribution in [-0.4, -0.2) is 40.2 Å². The third-order valence-electron chi connectivity index (χ3n) is 4.95. The minimum Gasteiger partial charge on any atom is -0.443 e. The van der Waals surface area contributed by atoms with Crippen molar-refractivity contribution < 1.29 is 19.7 Å². The number of hydrogen-bond donors (Lipinski definition) is 2. The van der Waals surface area contributed by atoms with Crippen LogP contribution in [0.2, 0.25) is 5.02 Å². The van der Waals surface area contributed by atoms with Gasteiger partial charge < -0.3 is 14.9 Å². The summed E-state index contributed by atoms with van der Waals surface area (Å²) in [5.74, 6) is 0. The number of nitrogens with zero attached hydrogens (tertiary/aromatic N) is 1. The molecule has 2 rings (SSSR count). The van der Waals surface area contributed by atoms with Gasteiger partial charge in [0.15, 0.2) is 0 Å². The first-order valence-electron chi connectivity index (χ1n) is 8.57. The van der Waals surface area contributed by atoms with Crippen LogP contribution in [0.15, 0.2) is 16.6 Å². The number of hydrogen-bond acceptors (Lipinski definition) is 4. The van der Waals surface area contributed by atoms with E-state index in [-0.39, 0.29) is 6.61 Å². The second-order valence-electron chi connectivity index (χ2n) is 8.55. The van der Waals surface area contributed by atoms with Gasteiger partial charge in [-0.15, -0.1) is 0 Å². The molecule has 2 N–H and O–H groups in total. The summed E-state index contributed by atoms with van der Waals surface area (Å²) in [5.41, 5.74) is -1.07. The minimum atomic E-state index is -0.962. The van der Waals surface area contributed by atoms with Crippen molar-refractivity contribution >= 4 is 39.3 Å². The fraction of sp³-hybridized carbons (Fsp3) is 0.632. The number of carbonyl (C=O) groups is 1. The van der Waals surface area contributed by atoms with Gasteiger partial charge in [-0.25, -0.2) is 4.79 Å². The molecule has 0 radical (unpaired) electrons. The Morgan fingerprint density at radius 3 is 2.42 bits per heavy atom. The Labute approximate surface area is 168 Å². The van der Waals surface area contributed by atoms with Gasteiger partial charge in [-0.1, -0.05) is 18.5 Å². The fourth-order valence-corrected chi connectivity index (χ4v) is 4.18. The van der Waals surface area contributed by atoms with Crippen LogP contribution in [0.3, 0.4) is 0 Å². The van der Waals surface area contributed by atoms with Gasteiger partial charge in [0.2, 0.25) is 0 Å². The van der Waals surface area contributed by atoms with E-state index in [1.807, 2.05) is 13.0 Å². The van der Waals surface area contributed by atoms with Crippen molar-refractivity contribution in [3.05, 3.63) is 27.2 Å². The van der Waals surface area contributed by atoms with E-state index >= 15 is 0 Å². The Bertz CT molecular complexity index is 716. The van der Waals surface area contributed by atoms with E-state index in [0.29, 0.717) is 21.6 Å². The summed E-state index contributed by atoms with van der Waals surface area (Å²) in [6.07, 6.45) is -1.12. The molecular weight excluding hydrogens is 422 g/mol. The number of rotatable bonds is 2. The summed E-state index contributed by atoms with van der Waals surface area (Å²) in [6.45, 7) is 10.8. The number of aliphatic hydroxyl groups excluding tert-OH is 2. The van der Waals surface area contributed by atoms with Gasteiger partial charge in [0.25, 0.3) is 0 Å². The maximum Gasteiger partial charge on any atom is 0.415 e. The van der Waals surface area contributed by atoms with Gasteiger partial charge in [0.1, 0.15) is 5.60 Å². The summed E-state index contributed by atoms with van der Waals surface area (Å²) in [7, 11) is 0. The summed E-state index contributed by atoms with van der Waals surface area (Å²) in [6, 6.07) is 3.51. The van der Waals surface area contributed by atoms with E-state index < -0.39 is 28.8 Å². The van der Waals surface area contributed by atoms with Crippen molar-refractivity contribution in [2.45, 2.75) is 70.6 Å². The fourth-order valence-electron chi connectivity index (χ4n) is 3.68. The number of benzene rings is 1. The highest BCUT2D eigenvalue weighted by molar-refractivity contribution is 9.10. The molecule has 1 aromatic rings. The minimum absolute atomic E-state index is 0.0875.